The van der Waals surface area contributed by atoms with Crippen LogP contribution in [0.2, 0.25) is 0 Å². The molecule has 4 nitrogen and oxygen atoms in total. The number of nitrogens with one attached hydrogen (secondary N) is 1. The number of thioether (sulfide) groups is 1. The second kappa shape index (κ2) is 4.15. The number of amides is 1. The number of hydrogen-bond donors (Lipinski definition) is 1. The van der Waals surface area contributed by atoms with E-state index in [4.69, 9.17) is 4.52 Å². The van der Waals surface area contributed by atoms with Gasteiger partial charge in [0.1, 0.15) is 0 Å². The van der Waals surface area contributed by atoms with Crippen LogP contribution in [0.4, 0.5) is 5.88 Å². The van der Waals surface area contributed by atoms with Gasteiger partial charge in [0, 0.05) is 6.07 Å². The first-order valence-electron chi connectivity index (χ1n) is 3.44. The van der Waals surface area contributed by atoms with Gasteiger partial charge in [0.25, 0.3) is 0 Å². The molecule has 0 aromatic carbocycles. The van der Waals surface area contributed by atoms with Gasteiger partial charge in [0.2, 0.25) is 11.8 Å². The van der Waals surface area contributed by atoms with Gasteiger partial charge < -0.3 is 4.52 Å². The van der Waals surface area contributed by atoms with E-state index < -0.39 is 0 Å². The van der Waals surface area contributed by atoms with Crippen LogP contribution in [0.1, 0.15) is 5.69 Å². The van der Waals surface area contributed by atoms with Crippen molar-refractivity contribution >= 4 is 23.6 Å². The van der Waals surface area contributed by atoms with E-state index in [0.717, 1.165) is 5.69 Å². The first-order chi connectivity index (χ1) is 5.72. The summed E-state index contributed by atoms with van der Waals surface area (Å²) >= 11 is 1.46. The van der Waals surface area contributed by atoms with Crippen molar-refractivity contribution in [2.24, 2.45) is 0 Å². The molecule has 0 saturated carbocycles. The molecule has 0 saturated heterocycles. The summed E-state index contributed by atoms with van der Waals surface area (Å²) < 4.78 is 4.79. The molecule has 66 valence electrons. The van der Waals surface area contributed by atoms with E-state index in [-0.39, 0.29) is 5.91 Å². The van der Waals surface area contributed by atoms with Gasteiger partial charge in [0.05, 0.1) is 11.4 Å². The van der Waals surface area contributed by atoms with Crippen molar-refractivity contribution in [3.8, 4) is 0 Å². The maximum absolute atomic E-state index is 11.0. The molecule has 0 aliphatic carbocycles. The van der Waals surface area contributed by atoms with E-state index in [1.54, 1.807) is 13.0 Å². The normalized spacial score (nSPS) is 9.83. The lowest BCUT2D eigenvalue weighted by atomic mass is 10.5. The van der Waals surface area contributed by atoms with Crippen LogP contribution in [0.3, 0.4) is 0 Å². The largest absolute Gasteiger partial charge is 0.338 e. The lowest BCUT2D eigenvalue weighted by Gasteiger charge is -1.96. The van der Waals surface area contributed by atoms with Crippen LogP contribution in [0.25, 0.3) is 0 Å². The van der Waals surface area contributed by atoms with Crippen LogP contribution in [-0.4, -0.2) is 23.1 Å². The zero-order valence-electron chi connectivity index (χ0n) is 6.96. The molecule has 12 heavy (non-hydrogen) atoms. The van der Waals surface area contributed by atoms with Crippen LogP contribution in [0, 0.1) is 6.92 Å². The maximum Gasteiger partial charge on any atom is 0.236 e. The highest BCUT2D eigenvalue weighted by Gasteiger charge is 2.04. The average Bonchev–Trinajstić information content (AvgIpc) is 2.36. The molecule has 0 fully saturated rings. The van der Waals surface area contributed by atoms with Crippen molar-refractivity contribution in [3.05, 3.63) is 11.8 Å². The Morgan fingerprint density at radius 3 is 3.08 bits per heavy atom. The molecule has 0 atom stereocenters. The summed E-state index contributed by atoms with van der Waals surface area (Å²) in [6.07, 6.45) is 1.87. The minimum atomic E-state index is -0.0707. The number of carbonyl (C=O) groups excluding carboxylic acids is 1. The van der Waals surface area contributed by atoms with Gasteiger partial charge in [-0.15, -0.1) is 0 Å². The summed E-state index contributed by atoms with van der Waals surface area (Å²) in [6, 6.07) is 1.68. The SMILES string of the molecule is CSCC(=O)Nc1cc(C)no1. The molecule has 0 bridgehead atoms. The summed E-state index contributed by atoms with van der Waals surface area (Å²) in [7, 11) is 0. The highest BCUT2D eigenvalue weighted by Crippen LogP contribution is 2.08. The van der Waals surface area contributed by atoms with Gasteiger partial charge >= 0.3 is 0 Å². The van der Waals surface area contributed by atoms with Crippen LogP contribution in [0.5, 0.6) is 0 Å². The Morgan fingerprint density at radius 1 is 1.83 bits per heavy atom. The fourth-order valence-corrected chi connectivity index (χ4v) is 1.06. The minimum absolute atomic E-state index is 0.0707. The number of anilines is 1. The Balaban J connectivity index is 2.46. The summed E-state index contributed by atoms with van der Waals surface area (Å²) in [5, 5.41) is 6.21. The van der Waals surface area contributed by atoms with Crippen LogP contribution >= 0.6 is 11.8 Å². The molecule has 0 radical (unpaired) electrons. The summed E-state index contributed by atoms with van der Waals surface area (Å²) in [5.74, 6) is 0.768. The van der Waals surface area contributed by atoms with Crippen LogP contribution in [0.15, 0.2) is 10.6 Å². The van der Waals surface area contributed by atoms with Crippen LogP contribution < -0.4 is 5.32 Å². The predicted molar refractivity (Wildman–Crippen MR) is 48.3 cm³/mol. The van der Waals surface area contributed by atoms with Gasteiger partial charge in [-0.25, -0.2) is 0 Å². The number of hydrogen-bond acceptors (Lipinski definition) is 4. The highest BCUT2D eigenvalue weighted by atomic mass is 32.2. The van der Waals surface area contributed by atoms with Gasteiger partial charge in [-0.3, -0.25) is 10.1 Å². The lowest BCUT2D eigenvalue weighted by molar-refractivity contribution is -0.113. The molecule has 0 aliphatic rings. The second-order valence-corrected chi connectivity index (χ2v) is 3.18. The molecule has 1 aromatic heterocycles. The summed E-state index contributed by atoms with van der Waals surface area (Å²) in [4.78, 5) is 11.0. The Kier molecular flexibility index (Phi) is 3.16. The number of aromatic nitrogens is 1. The lowest BCUT2D eigenvalue weighted by Crippen LogP contribution is -2.12. The number of nitrogens with zero attached hydrogens (tertiary/aromatic N) is 1. The predicted octanol–water partition coefficient (Wildman–Crippen LogP) is 1.28. The van der Waals surface area contributed by atoms with Crippen molar-refractivity contribution in [2.45, 2.75) is 6.92 Å². The third kappa shape index (κ3) is 2.58. The molecule has 1 amide bonds. The van der Waals surface area contributed by atoms with Crippen molar-refractivity contribution in [1.82, 2.24) is 5.16 Å². The average molecular weight is 186 g/mol. The Labute approximate surface area is 74.7 Å². The molecule has 5 heteroatoms. The van der Waals surface area contributed by atoms with Crippen molar-refractivity contribution in [1.29, 1.82) is 0 Å². The van der Waals surface area contributed by atoms with E-state index in [0.29, 0.717) is 11.6 Å². The van der Waals surface area contributed by atoms with Crippen molar-refractivity contribution in [3.63, 3.8) is 0 Å². The smallest absolute Gasteiger partial charge is 0.236 e. The first-order valence-corrected chi connectivity index (χ1v) is 4.84. The standard InChI is InChI=1S/C7H10N2O2S/c1-5-3-7(11-9-5)8-6(10)4-12-2/h3H,4H2,1-2H3,(H,8,10). The van der Waals surface area contributed by atoms with E-state index in [1.165, 1.54) is 11.8 Å². The molecule has 0 unspecified atom stereocenters. The topological polar surface area (TPSA) is 55.1 Å². The Bertz CT molecular complexity index is 272. The molecule has 1 aromatic rings. The molecule has 1 N–H and O–H groups in total. The third-order valence-electron chi connectivity index (χ3n) is 1.17. The molecule has 0 aliphatic heterocycles. The van der Waals surface area contributed by atoms with Gasteiger partial charge in [-0.1, -0.05) is 5.16 Å². The van der Waals surface area contributed by atoms with Gasteiger partial charge in [0.15, 0.2) is 0 Å². The second-order valence-electron chi connectivity index (χ2n) is 2.31. The van der Waals surface area contributed by atoms with E-state index in [9.17, 15) is 4.79 Å². The van der Waals surface area contributed by atoms with Crippen molar-refractivity contribution in [2.75, 3.05) is 17.3 Å². The monoisotopic (exact) mass is 186 g/mol. The van der Waals surface area contributed by atoms with E-state index in [1.807, 2.05) is 6.26 Å². The Morgan fingerprint density at radius 2 is 2.58 bits per heavy atom. The quantitative estimate of drug-likeness (QED) is 0.772. The van der Waals surface area contributed by atoms with E-state index >= 15 is 0 Å². The Hall–Kier alpha value is -0.970. The third-order valence-corrected chi connectivity index (χ3v) is 1.72. The van der Waals surface area contributed by atoms with Gasteiger partial charge in [-0.05, 0) is 13.2 Å². The first kappa shape index (κ1) is 9.12. The highest BCUT2D eigenvalue weighted by molar-refractivity contribution is 7.99. The number of carbonyl (C=O) groups is 1. The number of rotatable bonds is 3. The van der Waals surface area contributed by atoms with Crippen molar-refractivity contribution < 1.29 is 9.32 Å². The summed E-state index contributed by atoms with van der Waals surface area (Å²) in [6.45, 7) is 1.80. The number of aryl methyl sites for hydroxylation is 1. The van der Waals surface area contributed by atoms with Gasteiger partial charge in [-0.2, -0.15) is 11.8 Å². The zero-order valence-corrected chi connectivity index (χ0v) is 7.77. The zero-order chi connectivity index (χ0) is 8.97. The fraction of sp³-hybridized carbons (Fsp3) is 0.429. The molecule has 1 rings (SSSR count). The molecular weight excluding hydrogens is 176 g/mol. The fourth-order valence-electron chi connectivity index (χ4n) is 0.727. The molecular formula is C7H10N2O2S. The van der Waals surface area contributed by atoms with Crippen LogP contribution in [-0.2, 0) is 4.79 Å². The molecule has 0 spiro atoms. The minimum Gasteiger partial charge on any atom is -0.338 e. The molecule has 1 heterocycles. The van der Waals surface area contributed by atoms with E-state index in [2.05, 4.69) is 10.5 Å². The maximum atomic E-state index is 11.0. The summed E-state index contributed by atoms with van der Waals surface area (Å²) in [5.41, 5.74) is 0.759.